The highest BCUT2D eigenvalue weighted by molar-refractivity contribution is 5.97. The molecule has 4 heterocycles. The summed E-state index contributed by atoms with van der Waals surface area (Å²) >= 11 is 0. The fourth-order valence-electron chi connectivity index (χ4n) is 7.35. The van der Waals surface area contributed by atoms with Crippen LogP contribution in [-0.2, 0) is 0 Å². The number of fused-ring (bicyclic) bond motifs is 1. The van der Waals surface area contributed by atoms with Crippen LogP contribution in [0.1, 0.15) is 55.6 Å². The van der Waals surface area contributed by atoms with Gasteiger partial charge in [0.25, 0.3) is 17.6 Å². The van der Waals surface area contributed by atoms with Crippen LogP contribution in [0.3, 0.4) is 0 Å². The number of nitrogens with zero attached hydrogens (tertiary/aromatic N) is 3. The maximum Gasteiger partial charge on any atom is 0.292 e. The van der Waals surface area contributed by atoms with Crippen LogP contribution in [0.4, 0.5) is 5.69 Å². The van der Waals surface area contributed by atoms with E-state index >= 15 is 0 Å². The highest BCUT2D eigenvalue weighted by Gasteiger charge is 2.54. The van der Waals surface area contributed by atoms with E-state index < -0.39 is 5.60 Å². The minimum atomic E-state index is -0.484. The molecule has 8 rings (SSSR count). The molecule has 37 heavy (non-hydrogen) atoms. The van der Waals surface area contributed by atoms with Crippen molar-refractivity contribution >= 4 is 47.4 Å². The van der Waals surface area contributed by atoms with E-state index in [1.165, 1.54) is 0 Å². The Hall–Kier alpha value is -2.40. The van der Waals surface area contributed by atoms with Gasteiger partial charge in [0, 0.05) is 29.9 Å². The lowest BCUT2D eigenvalue weighted by atomic mass is 9.52. The summed E-state index contributed by atoms with van der Waals surface area (Å²) in [5.41, 5.74) is 1.89. The van der Waals surface area contributed by atoms with Crippen LogP contribution in [-0.4, -0.2) is 61.9 Å². The van der Waals surface area contributed by atoms with E-state index in [2.05, 4.69) is 36.1 Å². The number of piperidine rings is 1. The molecule has 5 aliphatic rings. The van der Waals surface area contributed by atoms with Gasteiger partial charge in [-0.1, -0.05) is 5.16 Å². The third-order valence-electron chi connectivity index (χ3n) is 8.67. The second kappa shape index (κ2) is 10.1. The normalized spacial score (nSPS) is 30.5. The molecule has 1 amide bonds. The maximum atomic E-state index is 12.8. The third-order valence-corrected chi connectivity index (χ3v) is 8.67. The van der Waals surface area contributed by atoms with Gasteiger partial charge in [0.05, 0.1) is 16.9 Å². The van der Waals surface area contributed by atoms with Crippen molar-refractivity contribution in [3.63, 3.8) is 0 Å². The van der Waals surface area contributed by atoms with Gasteiger partial charge >= 0.3 is 0 Å². The molecular formula is C25H33Cl2N7O3. The Labute approximate surface area is 227 Å². The Balaban J connectivity index is 0.00000140. The van der Waals surface area contributed by atoms with E-state index in [1.54, 1.807) is 6.20 Å². The van der Waals surface area contributed by atoms with Gasteiger partial charge in [-0.2, -0.15) is 4.98 Å². The van der Waals surface area contributed by atoms with E-state index in [0.29, 0.717) is 23.3 Å². The second-order valence-electron chi connectivity index (χ2n) is 11.1. The number of hydrogen-bond donors (Lipinski definition) is 5. The van der Waals surface area contributed by atoms with Gasteiger partial charge in [0.2, 0.25) is 0 Å². The number of rotatable bonds is 5. The molecule has 0 spiro atoms. The van der Waals surface area contributed by atoms with Crippen LogP contribution in [0.25, 0.3) is 22.5 Å². The molecule has 1 aliphatic heterocycles. The molecule has 10 nitrogen and oxygen atoms in total. The fourth-order valence-corrected chi connectivity index (χ4v) is 7.35. The third kappa shape index (κ3) is 4.69. The standard InChI is InChI=1S/C25H31N7O3.2ClH/c33-23(29-16-1-4-26-5-2-16)22-31-24(35-32-22)18-12-28-21-17(3-6-27-21)20(18)30-19-14-7-13-8-15(19)11-25(34,9-13)10-14;;/h3,6,12-16,19,26,34H,1-2,4-5,7-11H2,(H,29,33)(H2,27,28,30);2*1H/t13?,14-,15+,19?,25?;;. The lowest BCUT2D eigenvalue weighted by molar-refractivity contribution is -0.129. The summed E-state index contributed by atoms with van der Waals surface area (Å²) < 4.78 is 5.59. The van der Waals surface area contributed by atoms with Gasteiger partial charge in [-0.15, -0.1) is 24.8 Å². The van der Waals surface area contributed by atoms with Crippen LogP contribution in [0.2, 0.25) is 0 Å². The second-order valence-corrected chi connectivity index (χ2v) is 11.1. The summed E-state index contributed by atoms with van der Waals surface area (Å²) in [7, 11) is 0. The minimum absolute atomic E-state index is 0. The number of carbonyl (C=O) groups is 1. The van der Waals surface area contributed by atoms with E-state index in [9.17, 15) is 9.90 Å². The number of aliphatic hydroxyl groups is 1. The van der Waals surface area contributed by atoms with Crippen LogP contribution >= 0.6 is 24.8 Å². The molecule has 5 N–H and O–H groups in total. The number of nitrogens with one attached hydrogen (secondary N) is 4. The van der Waals surface area contributed by atoms with Crippen LogP contribution in [0.5, 0.6) is 0 Å². The first-order valence-electron chi connectivity index (χ1n) is 12.9. The van der Waals surface area contributed by atoms with Crippen molar-refractivity contribution < 1.29 is 14.4 Å². The van der Waals surface area contributed by atoms with E-state index in [-0.39, 0.29) is 54.5 Å². The van der Waals surface area contributed by atoms with Gasteiger partial charge in [-0.25, -0.2) is 4.98 Å². The smallest absolute Gasteiger partial charge is 0.292 e. The Morgan fingerprint density at radius 2 is 1.89 bits per heavy atom. The van der Waals surface area contributed by atoms with Gasteiger partial charge in [-0.3, -0.25) is 4.79 Å². The number of halogens is 2. The summed E-state index contributed by atoms with van der Waals surface area (Å²) in [5.74, 6) is 1.52. The van der Waals surface area contributed by atoms with Crippen molar-refractivity contribution in [1.82, 2.24) is 30.7 Å². The average molecular weight is 550 g/mol. The molecule has 3 aromatic heterocycles. The number of aromatic nitrogens is 4. The first kappa shape index (κ1) is 26.2. The fraction of sp³-hybridized carbons (Fsp3) is 0.600. The summed E-state index contributed by atoms with van der Waals surface area (Å²) in [6.07, 6.45) is 10.4. The quantitative estimate of drug-likeness (QED) is 0.326. The topological polar surface area (TPSA) is 141 Å². The minimum Gasteiger partial charge on any atom is -0.390 e. The molecule has 5 atom stereocenters. The summed E-state index contributed by atoms with van der Waals surface area (Å²) in [6, 6.07) is 2.39. The van der Waals surface area contributed by atoms with Crippen molar-refractivity contribution in [2.24, 2.45) is 17.8 Å². The van der Waals surface area contributed by atoms with Crippen LogP contribution in [0.15, 0.2) is 23.0 Å². The Bertz CT molecular complexity index is 1260. The lowest BCUT2D eigenvalue weighted by Gasteiger charge is -2.58. The Morgan fingerprint density at radius 3 is 2.62 bits per heavy atom. The highest BCUT2D eigenvalue weighted by atomic mass is 35.5. The van der Waals surface area contributed by atoms with Gasteiger partial charge in [0.1, 0.15) is 5.65 Å². The molecule has 4 aliphatic carbocycles. The van der Waals surface area contributed by atoms with E-state index in [4.69, 9.17) is 4.52 Å². The van der Waals surface area contributed by atoms with Gasteiger partial charge in [-0.05, 0) is 81.9 Å². The maximum absolute atomic E-state index is 12.8. The monoisotopic (exact) mass is 549 g/mol. The van der Waals surface area contributed by atoms with E-state index in [0.717, 1.165) is 74.8 Å². The largest absolute Gasteiger partial charge is 0.390 e. The molecule has 200 valence electrons. The zero-order valence-electron chi connectivity index (χ0n) is 20.4. The number of amides is 1. The van der Waals surface area contributed by atoms with Crippen molar-refractivity contribution in [1.29, 1.82) is 0 Å². The Morgan fingerprint density at radius 1 is 1.14 bits per heavy atom. The molecule has 4 saturated carbocycles. The molecule has 12 heteroatoms. The van der Waals surface area contributed by atoms with Crippen molar-refractivity contribution in [3.8, 4) is 11.5 Å². The molecule has 3 unspecified atom stereocenters. The lowest BCUT2D eigenvalue weighted by Crippen LogP contribution is -2.59. The first-order chi connectivity index (χ1) is 17.0. The molecular weight excluding hydrogens is 517 g/mol. The van der Waals surface area contributed by atoms with Crippen molar-refractivity contribution in [3.05, 3.63) is 24.3 Å². The number of H-pyrrole nitrogens is 1. The SMILES string of the molecule is Cl.Cl.O=C(NC1CCNCC1)c1noc(-c2cnc3[nH]ccc3c2NC2[C@@H]3CC4C[C@H]2CC(O)(C4)C3)n1. The summed E-state index contributed by atoms with van der Waals surface area (Å²) in [4.78, 5) is 24.9. The van der Waals surface area contributed by atoms with Crippen LogP contribution < -0.4 is 16.0 Å². The molecule has 3 aromatic rings. The average Bonchev–Trinajstić information content (AvgIpc) is 3.51. The zero-order chi connectivity index (χ0) is 23.6. The predicted octanol–water partition coefficient (Wildman–Crippen LogP) is 3.29. The summed E-state index contributed by atoms with van der Waals surface area (Å²) in [6.45, 7) is 1.78. The van der Waals surface area contributed by atoms with Gasteiger partial charge < -0.3 is 30.6 Å². The van der Waals surface area contributed by atoms with Crippen molar-refractivity contribution in [2.45, 2.75) is 62.6 Å². The number of anilines is 1. The number of hydrogen-bond acceptors (Lipinski definition) is 8. The number of carbonyl (C=O) groups excluding carboxylic acids is 1. The number of aromatic amines is 1. The van der Waals surface area contributed by atoms with Crippen LogP contribution in [0, 0.1) is 17.8 Å². The van der Waals surface area contributed by atoms with Gasteiger partial charge in [0.15, 0.2) is 0 Å². The van der Waals surface area contributed by atoms with E-state index in [1.807, 2.05) is 12.3 Å². The molecule has 0 aromatic carbocycles. The summed E-state index contributed by atoms with van der Waals surface area (Å²) in [5, 5.41) is 26.1. The van der Waals surface area contributed by atoms with Crippen molar-refractivity contribution in [2.75, 3.05) is 18.4 Å². The molecule has 5 fully saturated rings. The predicted molar refractivity (Wildman–Crippen MR) is 143 cm³/mol. The number of pyridine rings is 1. The molecule has 4 bridgehead atoms. The highest BCUT2D eigenvalue weighted by Crippen LogP contribution is 2.56. The molecule has 0 radical (unpaired) electrons. The first-order valence-corrected chi connectivity index (χ1v) is 12.9. The Kier molecular flexibility index (Phi) is 7.12. The molecule has 1 saturated heterocycles. The zero-order valence-corrected chi connectivity index (χ0v) is 22.0.